The summed E-state index contributed by atoms with van der Waals surface area (Å²) in [6.45, 7) is 2.63. The number of rotatable bonds is 4. The average molecular weight is 280 g/mol. The normalized spacial score (nSPS) is 10.6. The monoisotopic (exact) mass is 280 g/mol. The first-order valence-electron chi connectivity index (χ1n) is 6.65. The highest BCUT2D eigenvalue weighted by Crippen LogP contribution is 2.22. The van der Waals surface area contributed by atoms with Gasteiger partial charge in [-0.3, -0.25) is 10.4 Å². The number of benzene rings is 1. The van der Waals surface area contributed by atoms with Crippen LogP contribution in [0.2, 0.25) is 0 Å². The molecule has 0 bridgehead atoms. The van der Waals surface area contributed by atoms with Gasteiger partial charge in [0.1, 0.15) is 5.82 Å². The lowest BCUT2D eigenvalue weighted by atomic mass is 10.2. The molecule has 0 aliphatic rings. The number of anilines is 2. The van der Waals surface area contributed by atoms with Crippen molar-refractivity contribution >= 4 is 22.7 Å². The quantitative estimate of drug-likeness (QED) is 0.501. The lowest BCUT2D eigenvalue weighted by Gasteiger charge is -2.11. The molecule has 6 nitrogen and oxygen atoms in total. The SMILES string of the molecule is Cc1cccnc1CNc1nc(NN)nc2ccccc12. The van der Waals surface area contributed by atoms with Crippen molar-refractivity contribution in [2.75, 3.05) is 10.7 Å². The molecule has 106 valence electrons. The Labute approximate surface area is 122 Å². The molecule has 0 spiro atoms. The number of nitrogens with zero attached hydrogens (tertiary/aromatic N) is 3. The lowest BCUT2D eigenvalue weighted by molar-refractivity contribution is 1.00. The summed E-state index contributed by atoms with van der Waals surface area (Å²) in [5.74, 6) is 6.54. The molecule has 21 heavy (non-hydrogen) atoms. The Kier molecular flexibility index (Phi) is 3.61. The molecule has 4 N–H and O–H groups in total. The van der Waals surface area contributed by atoms with Crippen LogP contribution in [0.25, 0.3) is 10.9 Å². The van der Waals surface area contributed by atoms with E-state index in [9.17, 15) is 0 Å². The van der Waals surface area contributed by atoms with E-state index in [1.54, 1.807) is 6.20 Å². The maximum atomic E-state index is 5.43. The van der Waals surface area contributed by atoms with Crippen molar-refractivity contribution in [2.45, 2.75) is 13.5 Å². The lowest BCUT2D eigenvalue weighted by Crippen LogP contribution is -2.13. The maximum Gasteiger partial charge on any atom is 0.239 e. The van der Waals surface area contributed by atoms with Gasteiger partial charge in [-0.05, 0) is 30.7 Å². The van der Waals surface area contributed by atoms with Gasteiger partial charge in [-0.1, -0.05) is 18.2 Å². The van der Waals surface area contributed by atoms with Crippen molar-refractivity contribution in [3.63, 3.8) is 0 Å². The molecule has 2 aromatic heterocycles. The number of hydrogen-bond donors (Lipinski definition) is 3. The van der Waals surface area contributed by atoms with Gasteiger partial charge in [-0.2, -0.15) is 4.98 Å². The zero-order chi connectivity index (χ0) is 14.7. The maximum absolute atomic E-state index is 5.43. The number of nitrogens with two attached hydrogens (primary N) is 1. The third kappa shape index (κ3) is 2.75. The molecule has 0 fully saturated rings. The van der Waals surface area contributed by atoms with Crippen LogP contribution in [0.3, 0.4) is 0 Å². The van der Waals surface area contributed by atoms with Gasteiger partial charge >= 0.3 is 0 Å². The van der Waals surface area contributed by atoms with Gasteiger partial charge in [0.15, 0.2) is 0 Å². The van der Waals surface area contributed by atoms with E-state index >= 15 is 0 Å². The van der Waals surface area contributed by atoms with E-state index in [2.05, 4.69) is 25.7 Å². The summed E-state index contributed by atoms with van der Waals surface area (Å²) >= 11 is 0. The largest absolute Gasteiger partial charge is 0.364 e. The van der Waals surface area contributed by atoms with Crippen molar-refractivity contribution in [3.05, 3.63) is 53.9 Å². The van der Waals surface area contributed by atoms with Crippen LogP contribution in [0.4, 0.5) is 11.8 Å². The fourth-order valence-electron chi connectivity index (χ4n) is 2.15. The van der Waals surface area contributed by atoms with Crippen LogP contribution in [-0.2, 0) is 6.54 Å². The van der Waals surface area contributed by atoms with E-state index in [1.807, 2.05) is 43.3 Å². The van der Waals surface area contributed by atoms with E-state index < -0.39 is 0 Å². The molecule has 0 amide bonds. The summed E-state index contributed by atoms with van der Waals surface area (Å²) in [6.07, 6.45) is 1.79. The van der Waals surface area contributed by atoms with E-state index in [1.165, 1.54) is 0 Å². The molecular weight excluding hydrogens is 264 g/mol. The molecule has 1 aromatic carbocycles. The fourth-order valence-corrected chi connectivity index (χ4v) is 2.15. The fraction of sp³-hybridized carbons (Fsp3) is 0.133. The molecule has 2 heterocycles. The van der Waals surface area contributed by atoms with Crippen molar-refractivity contribution in [2.24, 2.45) is 5.84 Å². The number of hydrazine groups is 1. The number of aromatic nitrogens is 3. The molecule has 0 saturated heterocycles. The van der Waals surface area contributed by atoms with E-state index in [4.69, 9.17) is 5.84 Å². The zero-order valence-electron chi connectivity index (χ0n) is 11.7. The number of hydrogen-bond acceptors (Lipinski definition) is 6. The summed E-state index contributed by atoms with van der Waals surface area (Å²) in [6, 6.07) is 11.8. The van der Waals surface area contributed by atoms with Crippen LogP contribution in [-0.4, -0.2) is 15.0 Å². The topological polar surface area (TPSA) is 88.8 Å². The van der Waals surface area contributed by atoms with Crippen LogP contribution in [0, 0.1) is 6.92 Å². The molecule has 0 aliphatic carbocycles. The minimum atomic E-state index is 0.383. The second kappa shape index (κ2) is 5.72. The van der Waals surface area contributed by atoms with E-state index in [0.717, 1.165) is 28.0 Å². The molecule has 0 aliphatic heterocycles. The van der Waals surface area contributed by atoms with Crippen LogP contribution in [0.15, 0.2) is 42.6 Å². The standard InChI is InChI=1S/C15H16N6/c1-10-5-4-8-17-13(10)9-18-14-11-6-2-3-7-12(11)19-15(20-14)21-16/h2-8H,9,16H2,1H3,(H2,18,19,20,21). The predicted molar refractivity (Wildman–Crippen MR) is 83.6 cm³/mol. The second-order valence-electron chi connectivity index (χ2n) is 4.68. The first-order chi connectivity index (χ1) is 10.3. The van der Waals surface area contributed by atoms with Crippen LogP contribution < -0.4 is 16.6 Å². The summed E-state index contributed by atoms with van der Waals surface area (Å²) in [5, 5.41) is 4.26. The third-order valence-electron chi connectivity index (χ3n) is 3.27. The highest BCUT2D eigenvalue weighted by Gasteiger charge is 2.07. The Bertz CT molecular complexity index is 771. The van der Waals surface area contributed by atoms with Crippen molar-refractivity contribution < 1.29 is 0 Å². The molecule has 3 aromatic rings. The summed E-state index contributed by atoms with van der Waals surface area (Å²) < 4.78 is 0. The smallest absolute Gasteiger partial charge is 0.239 e. The molecule has 6 heteroatoms. The average Bonchev–Trinajstić information content (AvgIpc) is 2.53. The minimum absolute atomic E-state index is 0.383. The number of nitrogen functional groups attached to an aromatic ring is 1. The Morgan fingerprint density at radius 2 is 1.95 bits per heavy atom. The van der Waals surface area contributed by atoms with Gasteiger partial charge in [-0.25, -0.2) is 10.8 Å². The molecular formula is C15H16N6. The van der Waals surface area contributed by atoms with E-state index in [-0.39, 0.29) is 0 Å². The van der Waals surface area contributed by atoms with Gasteiger partial charge in [-0.15, -0.1) is 0 Å². The Balaban J connectivity index is 1.94. The third-order valence-corrected chi connectivity index (χ3v) is 3.27. The summed E-state index contributed by atoms with van der Waals surface area (Å²) in [4.78, 5) is 13.1. The highest BCUT2D eigenvalue weighted by molar-refractivity contribution is 5.89. The van der Waals surface area contributed by atoms with Crippen molar-refractivity contribution in [3.8, 4) is 0 Å². The zero-order valence-corrected chi connectivity index (χ0v) is 11.7. The molecule has 0 atom stereocenters. The molecule has 0 saturated carbocycles. The van der Waals surface area contributed by atoms with Crippen LogP contribution >= 0.6 is 0 Å². The first kappa shape index (κ1) is 13.3. The summed E-state index contributed by atoms with van der Waals surface area (Å²) in [7, 11) is 0. The number of aryl methyl sites for hydroxylation is 1. The number of nitrogens with one attached hydrogen (secondary N) is 2. The Morgan fingerprint density at radius 1 is 1.10 bits per heavy atom. The van der Waals surface area contributed by atoms with Gasteiger partial charge in [0.25, 0.3) is 0 Å². The van der Waals surface area contributed by atoms with Crippen molar-refractivity contribution in [1.82, 2.24) is 15.0 Å². The van der Waals surface area contributed by atoms with Gasteiger partial charge in [0.05, 0.1) is 17.8 Å². The van der Waals surface area contributed by atoms with E-state index in [0.29, 0.717) is 12.5 Å². The molecule has 3 rings (SSSR count). The van der Waals surface area contributed by atoms with Gasteiger partial charge in [0, 0.05) is 11.6 Å². The summed E-state index contributed by atoms with van der Waals surface area (Å²) in [5.41, 5.74) is 5.45. The van der Waals surface area contributed by atoms with Crippen LogP contribution in [0.5, 0.6) is 0 Å². The van der Waals surface area contributed by atoms with Crippen molar-refractivity contribution in [1.29, 1.82) is 0 Å². The van der Waals surface area contributed by atoms with Gasteiger partial charge in [0.2, 0.25) is 5.95 Å². The molecule has 0 unspecified atom stereocenters. The first-order valence-corrected chi connectivity index (χ1v) is 6.65. The minimum Gasteiger partial charge on any atom is -0.364 e. The molecule has 0 radical (unpaired) electrons. The van der Waals surface area contributed by atoms with Crippen LogP contribution in [0.1, 0.15) is 11.3 Å². The number of pyridine rings is 1. The second-order valence-corrected chi connectivity index (χ2v) is 4.68. The Morgan fingerprint density at radius 3 is 2.76 bits per heavy atom. The number of fused-ring (bicyclic) bond motifs is 1. The van der Waals surface area contributed by atoms with Gasteiger partial charge < -0.3 is 5.32 Å². The number of para-hydroxylation sites is 1. The predicted octanol–water partition coefficient (Wildman–Crippen LogP) is 2.23. The highest BCUT2D eigenvalue weighted by atomic mass is 15.3. The Hall–Kier alpha value is -2.73.